The summed E-state index contributed by atoms with van der Waals surface area (Å²) in [5.74, 6) is -0.160. The lowest BCUT2D eigenvalue weighted by Crippen LogP contribution is -2.24. The third-order valence-electron chi connectivity index (χ3n) is 1.78. The van der Waals surface area contributed by atoms with E-state index < -0.39 is 6.17 Å². The zero-order valence-electron chi connectivity index (χ0n) is 7.83. The predicted octanol–water partition coefficient (Wildman–Crippen LogP) is 1.54. The summed E-state index contributed by atoms with van der Waals surface area (Å²) >= 11 is 0. The summed E-state index contributed by atoms with van der Waals surface area (Å²) in [6.45, 7) is 1.30. The van der Waals surface area contributed by atoms with Crippen LogP contribution in [0, 0.1) is 0 Å². The van der Waals surface area contributed by atoms with Crippen molar-refractivity contribution in [1.82, 2.24) is 5.32 Å². The Balaban J connectivity index is 2.56. The lowest BCUT2D eigenvalue weighted by Gasteiger charge is -2.08. The van der Waals surface area contributed by atoms with Gasteiger partial charge in [0.15, 0.2) is 0 Å². The predicted molar refractivity (Wildman–Crippen MR) is 50.6 cm³/mol. The van der Waals surface area contributed by atoms with Gasteiger partial charge in [-0.1, -0.05) is 12.1 Å². The standard InChI is InChI=1S/C10H12FNO2/c1-7(13)12-6-10(11)8-2-4-9(14)5-3-8/h2-5,10,14H,6H2,1H3,(H,12,13). The highest BCUT2D eigenvalue weighted by Crippen LogP contribution is 2.19. The van der Waals surface area contributed by atoms with Crippen molar-refractivity contribution in [3.8, 4) is 5.75 Å². The van der Waals surface area contributed by atoms with E-state index in [0.29, 0.717) is 5.56 Å². The molecule has 0 bridgehead atoms. The fourth-order valence-electron chi connectivity index (χ4n) is 1.03. The molecule has 0 spiro atoms. The molecule has 0 aromatic heterocycles. The van der Waals surface area contributed by atoms with Gasteiger partial charge in [-0.3, -0.25) is 4.79 Å². The highest BCUT2D eigenvalue weighted by molar-refractivity contribution is 5.72. The summed E-state index contributed by atoms with van der Waals surface area (Å²) in [5, 5.41) is 11.3. The van der Waals surface area contributed by atoms with E-state index >= 15 is 0 Å². The maximum atomic E-state index is 13.3. The van der Waals surface area contributed by atoms with Gasteiger partial charge in [0.1, 0.15) is 11.9 Å². The summed E-state index contributed by atoms with van der Waals surface area (Å²) in [5.41, 5.74) is 0.441. The van der Waals surface area contributed by atoms with Gasteiger partial charge in [-0.25, -0.2) is 4.39 Å². The van der Waals surface area contributed by atoms with Gasteiger partial charge in [-0.15, -0.1) is 0 Å². The normalized spacial score (nSPS) is 12.1. The number of carbonyl (C=O) groups excluding carboxylic acids is 1. The number of rotatable bonds is 3. The monoisotopic (exact) mass is 197 g/mol. The van der Waals surface area contributed by atoms with Crippen LogP contribution < -0.4 is 5.32 Å². The number of phenols is 1. The Morgan fingerprint density at radius 3 is 2.57 bits per heavy atom. The van der Waals surface area contributed by atoms with Gasteiger partial charge in [-0.2, -0.15) is 0 Å². The molecule has 0 saturated carbocycles. The van der Waals surface area contributed by atoms with Crippen LogP contribution in [0.15, 0.2) is 24.3 Å². The van der Waals surface area contributed by atoms with Crippen molar-refractivity contribution >= 4 is 5.91 Å². The number of carbonyl (C=O) groups is 1. The summed E-state index contributed by atoms with van der Waals surface area (Å²) in [6.07, 6.45) is -1.24. The van der Waals surface area contributed by atoms with Crippen LogP contribution in [-0.2, 0) is 4.79 Å². The first kappa shape index (κ1) is 10.5. The third kappa shape index (κ3) is 3.05. The number of hydrogen-bond acceptors (Lipinski definition) is 2. The van der Waals surface area contributed by atoms with Crippen molar-refractivity contribution in [3.05, 3.63) is 29.8 Å². The van der Waals surface area contributed by atoms with E-state index in [9.17, 15) is 9.18 Å². The molecule has 0 saturated heterocycles. The minimum atomic E-state index is -1.24. The van der Waals surface area contributed by atoms with E-state index in [1.807, 2.05) is 0 Å². The molecular weight excluding hydrogens is 185 g/mol. The molecule has 1 unspecified atom stereocenters. The average molecular weight is 197 g/mol. The third-order valence-corrected chi connectivity index (χ3v) is 1.78. The molecule has 0 aliphatic rings. The van der Waals surface area contributed by atoms with Gasteiger partial charge in [-0.05, 0) is 17.7 Å². The quantitative estimate of drug-likeness (QED) is 0.772. The molecule has 14 heavy (non-hydrogen) atoms. The summed E-state index contributed by atoms with van der Waals surface area (Å²) in [4.78, 5) is 10.5. The number of alkyl halides is 1. The molecule has 2 N–H and O–H groups in total. The second-order valence-corrected chi connectivity index (χ2v) is 3.00. The number of amides is 1. The molecule has 1 atom stereocenters. The zero-order chi connectivity index (χ0) is 10.6. The Kier molecular flexibility index (Phi) is 3.45. The Morgan fingerprint density at radius 1 is 1.50 bits per heavy atom. The molecule has 1 rings (SSSR count). The second kappa shape index (κ2) is 4.60. The molecule has 1 aromatic rings. The van der Waals surface area contributed by atoms with Crippen molar-refractivity contribution in [3.63, 3.8) is 0 Å². The molecule has 0 aliphatic carbocycles. The van der Waals surface area contributed by atoms with Crippen molar-refractivity contribution in [2.45, 2.75) is 13.1 Å². The minimum Gasteiger partial charge on any atom is -0.508 e. The number of benzene rings is 1. The second-order valence-electron chi connectivity index (χ2n) is 3.00. The van der Waals surface area contributed by atoms with Crippen molar-refractivity contribution in [1.29, 1.82) is 0 Å². The summed E-state index contributed by atoms with van der Waals surface area (Å²) < 4.78 is 13.3. The van der Waals surface area contributed by atoms with Gasteiger partial charge in [0.25, 0.3) is 0 Å². The van der Waals surface area contributed by atoms with E-state index in [-0.39, 0.29) is 18.2 Å². The maximum Gasteiger partial charge on any atom is 0.216 e. The molecule has 0 fully saturated rings. The van der Waals surface area contributed by atoms with Gasteiger partial charge >= 0.3 is 0 Å². The Hall–Kier alpha value is -1.58. The first-order chi connectivity index (χ1) is 6.59. The van der Waals surface area contributed by atoms with Gasteiger partial charge < -0.3 is 10.4 Å². The Bertz CT molecular complexity index is 310. The van der Waals surface area contributed by atoms with E-state index in [2.05, 4.69) is 5.32 Å². The lowest BCUT2D eigenvalue weighted by atomic mass is 10.1. The van der Waals surface area contributed by atoms with Crippen LogP contribution in [-0.4, -0.2) is 17.6 Å². The van der Waals surface area contributed by atoms with Crippen LogP contribution in [0.4, 0.5) is 4.39 Å². The minimum absolute atomic E-state index is 0.0416. The van der Waals surface area contributed by atoms with E-state index in [4.69, 9.17) is 5.11 Å². The maximum absolute atomic E-state index is 13.3. The van der Waals surface area contributed by atoms with Crippen LogP contribution in [0.1, 0.15) is 18.7 Å². The highest BCUT2D eigenvalue weighted by Gasteiger charge is 2.09. The van der Waals surface area contributed by atoms with Crippen LogP contribution in [0.3, 0.4) is 0 Å². The topological polar surface area (TPSA) is 49.3 Å². The molecule has 0 aliphatic heterocycles. The van der Waals surface area contributed by atoms with Crippen LogP contribution in [0.2, 0.25) is 0 Å². The molecule has 3 nitrogen and oxygen atoms in total. The zero-order valence-corrected chi connectivity index (χ0v) is 7.83. The highest BCUT2D eigenvalue weighted by atomic mass is 19.1. The molecular formula is C10H12FNO2. The van der Waals surface area contributed by atoms with E-state index in [1.165, 1.54) is 31.2 Å². The number of nitrogens with one attached hydrogen (secondary N) is 1. The summed E-state index contributed by atoms with van der Waals surface area (Å²) in [7, 11) is 0. The Labute approximate surface area is 81.6 Å². The number of halogens is 1. The smallest absolute Gasteiger partial charge is 0.216 e. The van der Waals surface area contributed by atoms with Gasteiger partial charge in [0.05, 0.1) is 6.54 Å². The SMILES string of the molecule is CC(=O)NCC(F)c1ccc(O)cc1. The Morgan fingerprint density at radius 2 is 2.07 bits per heavy atom. The fraction of sp³-hybridized carbons (Fsp3) is 0.300. The van der Waals surface area contributed by atoms with Crippen LogP contribution >= 0.6 is 0 Å². The number of aromatic hydroxyl groups is 1. The fourth-order valence-corrected chi connectivity index (χ4v) is 1.03. The largest absolute Gasteiger partial charge is 0.508 e. The van der Waals surface area contributed by atoms with E-state index in [1.54, 1.807) is 0 Å². The van der Waals surface area contributed by atoms with Crippen LogP contribution in [0.25, 0.3) is 0 Å². The van der Waals surface area contributed by atoms with Crippen molar-refractivity contribution in [2.75, 3.05) is 6.54 Å². The first-order valence-electron chi connectivity index (χ1n) is 4.27. The van der Waals surface area contributed by atoms with Gasteiger partial charge in [0, 0.05) is 6.92 Å². The molecule has 76 valence electrons. The number of hydrogen-bond donors (Lipinski definition) is 2. The first-order valence-corrected chi connectivity index (χ1v) is 4.27. The molecule has 1 amide bonds. The van der Waals surface area contributed by atoms with Crippen molar-refractivity contribution < 1.29 is 14.3 Å². The summed E-state index contributed by atoms with van der Waals surface area (Å²) in [6, 6.07) is 5.80. The van der Waals surface area contributed by atoms with E-state index in [0.717, 1.165) is 0 Å². The molecule has 0 radical (unpaired) electrons. The molecule has 0 heterocycles. The molecule has 4 heteroatoms. The lowest BCUT2D eigenvalue weighted by molar-refractivity contribution is -0.119. The van der Waals surface area contributed by atoms with Crippen molar-refractivity contribution in [2.24, 2.45) is 0 Å². The van der Waals surface area contributed by atoms with Gasteiger partial charge in [0.2, 0.25) is 5.91 Å². The van der Waals surface area contributed by atoms with Crippen LogP contribution in [0.5, 0.6) is 5.75 Å². The molecule has 1 aromatic carbocycles. The average Bonchev–Trinajstić information content (AvgIpc) is 2.15. The number of phenolic OH excluding ortho intramolecular Hbond substituents is 1.